The lowest BCUT2D eigenvalue weighted by atomic mass is 10.1. The van der Waals surface area contributed by atoms with Crippen molar-refractivity contribution in [1.29, 1.82) is 0 Å². The summed E-state index contributed by atoms with van der Waals surface area (Å²) in [6.45, 7) is -5.38. The molecular weight excluding hydrogens is 648 g/mol. The molecule has 0 spiro atoms. The molecule has 0 aliphatic carbocycles. The summed E-state index contributed by atoms with van der Waals surface area (Å²) in [5.74, 6) is 0.148. The number of nitrogens with zero attached hydrogens (tertiary/aromatic N) is 8. The van der Waals surface area contributed by atoms with E-state index in [9.17, 15) is 14.6 Å². The Kier molecular flexibility index (Phi) is 7.45. The van der Waals surface area contributed by atoms with Gasteiger partial charge in [0.2, 0.25) is 0 Å². The molecule has 10 atom stereocenters. The minimum Gasteiger partial charge on any atom is -0.444 e. The lowest BCUT2D eigenvalue weighted by Crippen LogP contribution is -2.38. The van der Waals surface area contributed by atoms with Crippen LogP contribution >= 0.6 is 14.2 Å². The molecule has 44 heavy (non-hydrogen) atoms. The van der Waals surface area contributed by atoms with E-state index in [0.29, 0.717) is 0 Å². The molecule has 7 heterocycles. The van der Waals surface area contributed by atoms with Crippen molar-refractivity contribution >= 4 is 67.5 Å². The molecular formula is C20H22BFN10O9P2S-. The second-order valence-electron chi connectivity index (χ2n) is 9.97. The molecule has 3 aliphatic rings. The normalized spacial score (nSPS) is 38.3. The average molecular weight is 670 g/mol. The fourth-order valence-electron chi connectivity index (χ4n) is 5.23. The molecule has 233 valence electrons. The van der Waals surface area contributed by atoms with E-state index in [1.54, 1.807) is 0 Å². The molecule has 6 N–H and O–H groups in total. The first-order valence-electron chi connectivity index (χ1n) is 12.8. The van der Waals surface area contributed by atoms with Crippen LogP contribution in [-0.4, -0.2) is 107 Å². The number of fused-ring (bicyclic) bond motifs is 4. The van der Waals surface area contributed by atoms with Gasteiger partial charge >= 0.3 is 6.72 Å². The number of hydrogen-bond donors (Lipinski definition) is 4. The van der Waals surface area contributed by atoms with Gasteiger partial charge < -0.3 is 56.6 Å². The molecule has 0 aromatic carbocycles. The highest BCUT2D eigenvalue weighted by atomic mass is 32.5. The first kappa shape index (κ1) is 29.9. The number of rotatable bonds is 2. The van der Waals surface area contributed by atoms with Crippen LogP contribution < -0.4 is 11.5 Å². The van der Waals surface area contributed by atoms with E-state index in [0.717, 1.165) is 0 Å². The van der Waals surface area contributed by atoms with Crippen LogP contribution in [0.2, 0.25) is 0 Å². The molecule has 4 aromatic heterocycles. The lowest BCUT2D eigenvalue weighted by molar-refractivity contribution is -0.0572. The third-order valence-electron chi connectivity index (χ3n) is 7.24. The Morgan fingerprint density at radius 3 is 2.07 bits per heavy atom. The summed E-state index contributed by atoms with van der Waals surface area (Å²) in [7, 11) is 1.33. The summed E-state index contributed by atoms with van der Waals surface area (Å²) < 4.78 is 65.6. The number of nitrogen functional groups attached to an aromatic ring is 2. The zero-order valence-electron chi connectivity index (χ0n) is 22.1. The number of aliphatic hydroxyl groups is 1. The number of hydrogen-bond acceptors (Lipinski definition) is 17. The number of imidazole rings is 2. The van der Waals surface area contributed by atoms with E-state index in [1.807, 2.05) is 0 Å². The number of aromatic nitrogens is 8. The molecule has 4 unspecified atom stereocenters. The van der Waals surface area contributed by atoms with Gasteiger partial charge in [-0.2, -0.15) is 0 Å². The van der Waals surface area contributed by atoms with E-state index >= 15 is 4.39 Å². The Bertz CT molecular complexity index is 1710. The van der Waals surface area contributed by atoms with Gasteiger partial charge in [0.05, 0.1) is 33.3 Å². The summed E-state index contributed by atoms with van der Waals surface area (Å²) >= 11 is 5.20. The first-order chi connectivity index (χ1) is 20.9. The van der Waals surface area contributed by atoms with Crippen LogP contribution in [0, 0.1) is 0 Å². The van der Waals surface area contributed by atoms with Crippen molar-refractivity contribution in [2.24, 2.45) is 0 Å². The SMILES string of the molecule is [B-]P1(=O)OC[C@H]2O[C@@H](n3cnc4c(N)ncnc43)C(O)[C@H]2OP(O)(=S)OC[C@H]2O[C@@H](n3cnc4c(N)ncnc43)[C@@H](F)C2O1. The second kappa shape index (κ2) is 11.0. The van der Waals surface area contributed by atoms with Crippen LogP contribution in [0.5, 0.6) is 0 Å². The number of nitrogens with two attached hydrogens (primary N) is 2. The van der Waals surface area contributed by atoms with E-state index in [2.05, 4.69) is 29.9 Å². The molecule has 0 amide bonds. The van der Waals surface area contributed by atoms with Gasteiger partial charge in [-0.1, -0.05) is 0 Å². The molecule has 3 saturated heterocycles. The van der Waals surface area contributed by atoms with Gasteiger partial charge in [0, 0.05) is 0 Å². The number of anilines is 2. The zero-order valence-corrected chi connectivity index (χ0v) is 24.7. The lowest BCUT2D eigenvalue weighted by Gasteiger charge is -2.35. The van der Waals surface area contributed by atoms with Crippen molar-refractivity contribution in [3.05, 3.63) is 25.3 Å². The summed E-state index contributed by atoms with van der Waals surface area (Å²) in [5, 5.41) is 11.2. The predicted molar refractivity (Wildman–Crippen MR) is 150 cm³/mol. The van der Waals surface area contributed by atoms with Gasteiger partial charge in [-0.3, -0.25) is 13.7 Å². The van der Waals surface area contributed by atoms with Gasteiger partial charge in [-0.15, -0.1) is 0 Å². The largest absolute Gasteiger partial charge is 0.444 e. The monoisotopic (exact) mass is 670 g/mol. The highest BCUT2D eigenvalue weighted by Gasteiger charge is 2.52. The first-order valence-corrected chi connectivity index (χ1v) is 17.0. The van der Waals surface area contributed by atoms with Crippen LogP contribution in [0.15, 0.2) is 25.3 Å². The van der Waals surface area contributed by atoms with Crippen molar-refractivity contribution in [3.8, 4) is 0 Å². The molecule has 4 aromatic rings. The van der Waals surface area contributed by atoms with Crippen molar-refractivity contribution in [1.82, 2.24) is 39.0 Å². The van der Waals surface area contributed by atoms with E-state index in [-0.39, 0.29) is 34.0 Å². The van der Waals surface area contributed by atoms with Gasteiger partial charge in [-0.25, -0.2) is 34.3 Å². The summed E-state index contributed by atoms with van der Waals surface area (Å²) in [6.07, 6.45) is -6.88. The van der Waals surface area contributed by atoms with Crippen LogP contribution in [0.4, 0.5) is 16.0 Å². The van der Waals surface area contributed by atoms with Crippen LogP contribution in [0.1, 0.15) is 12.5 Å². The van der Waals surface area contributed by atoms with Crippen molar-refractivity contribution in [3.63, 3.8) is 0 Å². The standard InChI is InChI=1S/C20H22BFN10O9P2S/c21-42(34)36-1-8-14(12(33)20(39-8)32-6-30-11-16(24)26-4-28-18(11)32)41-43(35,44)37-2-7-13(40-42)9(22)19(38-7)31-5-29-10-15(23)25-3-27-17(10)31/h3-9,12-14,19-20,33H,1-2H2,(H,35,44)(H2,23,25,27)(H2,24,26,28)/q-1/t7-,8-,9+,12?,13?,14+,19-,20-,42?,43?/m1/s1. The molecule has 0 bridgehead atoms. The van der Waals surface area contributed by atoms with Crippen LogP contribution in [-0.2, 0) is 43.9 Å². The summed E-state index contributed by atoms with van der Waals surface area (Å²) in [4.78, 5) is 35.2. The Hall–Kier alpha value is -2.75. The molecule has 3 aliphatic heterocycles. The Labute approximate surface area is 252 Å². The number of alkyl halides is 1. The predicted octanol–water partition coefficient (Wildman–Crippen LogP) is -0.365. The minimum absolute atomic E-state index is 0.0574. The average Bonchev–Trinajstić information content (AvgIpc) is 3.73. The van der Waals surface area contributed by atoms with Crippen molar-refractivity contribution < 1.29 is 46.5 Å². The summed E-state index contributed by atoms with van der Waals surface area (Å²) in [6, 6.07) is 0. The maximum absolute atomic E-state index is 16.0. The van der Waals surface area contributed by atoms with Crippen molar-refractivity contribution in [2.75, 3.05) is 24.7 Å². The molecule has 3 radical (unpaired) electrons. The number of aliphatic hydroxyl groups excluding tert-OH is 1. The molecule has 3 fully saturated rings. The highest BCUT2D eigenvalue weighted by Crippen LogP contribution is 2.54. The molecule has 19 nitrogen and oxygen atoms in total. The molecule has 0 saturated carbocycles. The minimum atomic E-state index is -4.53. The van der Waals surface area contributed by atoms with Gasteiger partial charge in [-0.05, 0) is 11.8 Å². The van der Waals surface area contributed by atoms with Gasteiger partial charge in [0.1, 0.15) is 54.2 Å². The van der Waals surface area contributed by atoms with Crippen LogP contribution in [0.25, 0.3) is 22.3 Å². The molecule has 24 heteroatoms. The highest BCUT2D eigenvalue weighted by molar-refractivity contribution is 8.07. The third-order valence-corrected chi connectivity index (χ3v) is 9.85. The summed E-state index contributed by atoms with van der Waals surface area (Å²) in [5.41, 5.74) is 12.5. The second-order valence-corrected chi connectivity index (χ2v) is 14.3. The third kappa shape index (κ3) is 5.19. The smallest absolute Gasteiger partial charge is 0.325 e. The van der Waals surface area contributed by atoms with Crippen molar-refractivity contribution in [2.45, 2.75) is 49.1 Å². The Balaban J connectivity index is 1.17. The Morgan fingerprint density at radius 2 is 1.43 bits per heavy atom. The topological polar surface area (TPSA) is 252 Å². The number of halogens is 1. The van der Waals surface area contributed by atoms with E-state index in [4.69, 9.17) is 58.4 Å². The molecule has 7 rings (SSSR count). The van der Waals surface area contributed by atoms with Gasteiger partial charge in [0.15, 0.2) is 41.6 Å². The maximum atomic E-state index is 16.0. The van der Waals surface area contributed by atoms with Crippen LogP contribution in [0.3, 0.4) is 0 Å². The van der Waals surface area contributed by atoms with E-state index < -0.39 is 76.6 Å². The van der Waals surface area contributed by atoms with Gasteiger partial charge in [0.25, 0.3) is 0 Å². The Morgan fingerprint density at radius 1 is 0.886 bits per heavy atom. The fourth-order valence-corrected chi connectivity index (χ4v) is 7.69. The van der Waals surface area contributed by atoms with E-state index in [1.165, 1.54) is 34.4 Å². The number of ether oxygens (including phenoxy) is 2. The fraction of sp³-hybridized carbons (Fsp3) is 0.500. The zero-order chi connectivity index (χ0) is 31.0. The maximum Gasteiger partial charge on any atom is 0.325 e. The quantitative estimate of drug-likeness (QED) is 0.157.